The van der Waals surface area contributed by atoms with Crippen LogP contribution in [-0.4, -0.2) is 43.5 Å². The van der Waals surface area contributed by atoms with Crippen molar-refractivity contribution in [1.82, 2.24) is 10.2 Å². The van der Waals surface area contributed by atoms with Crippen molar-refractivity contribution >= 4 is 5.91 Å². The van der Waals surface area contributed by atoms with Gasteiger partial charge < -0.3 is 11.1 Å². The monoisotopic (exact) mass is 187 g/mol. The van der Waals surface area contributed by atoms with Crippen molar-refractivity contribution < 1.29 is 4.79 Å². The van der Waals surface area contributed by atoms with Gasteiger partial charge in [-0.05, 0) is 13.5 Å². The molecule has 3 N–H and O–H groups in total. The zero-order valence-corrected chi connectivity index (χ0v) is 8.84. The van der Waals surface area contributed by atoms with Crippen LogP contribution in [0.5, 0.6) is 0 Å². The summed E-state index contributed by atoms with van der Waals surface area (Å²) in [5, 5.41) is 3.17. The zero-order chi connectivity index (χ0) is 10.3. The Kier molecular flexibility index (Phi) is 6.54. The lowest BCUT2D eigenvalue weighted by Gasteiger charge is -2.12. The summed E-state index contributed by atoms with van der Waals surface area (Å²) < 4.78 is 0. The Morgan fingerprint density at radius 2 is 2.23 bits per heavy atom. The van der Waals surface area contributed by atoms with Gasteiger partial charge in [0.1, 0.15) is 0 Å². The molecule has 1 aliphatic rings. The molecule has 0 saturated carbocycles. The maximum atomic E-state index is 10.5. The van der Waals surface area contributed by atoms with Gasteiger partial charge in [0.25, 0.3) is 0 Å². The van der Waals surface area contributed by atoms with Crippen LogP contribution in [0.25, 0.3) is 0 Å². The van der Waals surface area contributed by atoms with E-state index in [0.717, 1.165) is 19.5 Å². The quantitative estimate of drug-likeness (QED) is 0.643. The summed E-state index contributed by atoms with van der Waals surface area (Å²) in [7, 11) is 1.94. The fourth-order valence-corrected chi connectivity index (χ4v) is 1.43. The van der Waals surface area contributed by atoms with Gasteiger partial charge >= 0.3 is 0 Å². The second-order valence-corrected chi connectivity index (χ2v) is 2.98. The molecular formula is C9H21N3O. The highest BCUT2D eigenvalue weighted by atomic mass is 16.1. The van der Waals surface area contributed by atoms with Crippen LogP contribution in [0.1, 0.15) is 20.3 Å². The average molecular weight is 187 g/mol. The van der Waals surface area contributed by atoms with Crippen LogP contribution in [-0.2, 0) is 4.79 Å². The molecule has 0 aromatic rings. The Bertz CT molecular complexity index is 150. The molecule has 78 valence electrons. The SMILES string of the molecule is CC.CNC1CCN(CC(N)=O)C1. The largest absolute Gasteiger partial charge is 0.369 e. The van der Waals surface area contributed by atoms with Crippen LogP contribution >= 0.6 is 0 Å². The molecule has 0 radical (unpaired) electrons. The Balaban J connectivity index is 0.000000671. The lowest BCUT2D eigenvalue weighted by atomic mass is 10.3. The molecule has 1 aliphatic heterocycles. The Morgan fingerprint density at radius 3 is 2.62 bits per heavy atom. The molecule has 13 heavy (non-hydrogen) atoms. The number of hydrogen-bond donors (Lipinski definition) is 2. The molecule has 1 atom stereocenters. The third kappa shape index (κ3) is 4.85. The van der Waals surface area contributed by atoms with Gasteiger partial charge in [0.05, 0.1) is 6.54 Å². The van der Waals surface area contributed by atoms with Crippen molar-refractivity contribution in [3.8, 4) is 0 Å². The molecule has 1 unspecified atom stereocenters. The molecule has 0 bridgehead atoms. The normalized spacial score (nSPS) is 22.2. The summed E-state index contributed by atoms with van der Waals surface area (Å²) in [6.45, 7) is 6.33. The van der Waals surface area contributed by atoms with Crippen LogP contribution in [0.4, 0.5) is 0 Å². The zero-order valence-electron chi connectivity index (χ0n) is 8.84. The van der Waals surface area contributed by atoms with E-state index in [0.29, 0.717) is 12.6 Å². The van der Waals surface area contributed by atoms with Crippen molar-refractivity contribution in [3.05, 3.63) is 0 Å². The molecule has 1 saturated heterocycles. The first-order valence-electron chi connectivity index (χ1n) is 4.90. The van der Waals surface area contributed by atoms with Gasteiger partial charge in [-0.15, -0.1) is 0 Å². The molecule has 1 amide bonds. The van der Waals surface area contributed by atoms with E-state index in [1.165, 1.54) is 0 Å². The van der Waals surface area contributed by atoms with Crippen molar-refractivity contribution in [3.63, 3.8) is 0 Å². The highest BCUT2D eigenvalue weighted by molar-refractivity contribution is 5.75. The molecule has 0 aliphatic carbocycles. The molecule has 0 aromatic heterocycles. The number of hydrogen-bond acceptors (Lipinski definition) is 3. The van der Waals surface area contributed by atoms with Crippen LogP contribution in [0.3, 0.4) is 0 Å². The molecule has 0 aromatic carbocycles. The minimum atomic E-state index is -0.234. The minimum absolute atomic E-state index is 0.234. The fraction of sp³-hybridized carbons (Fsp3) is 0.889. The summed E-state index contributed by atoms with van der Waals surface area (Å²) in [6.07, 6.45) is 1.11. The summed E-state index contributed by atoms with van der Waals surface area (Å²) in [5.74, 6) is -0.234. The van der Waals surface area contributed by atoms with Crippen molar-refractivity contribution in [2.45, 2.75) is 26.3 Å². The number of nitrogens with two attached hydrogens (primary N) is 1. The first-order valence-corrected chi connectivity index (χ1v) is 4.90. The van der Waals surface area contributed by atoms with E-state index >= 15 is 0 Å². The summed E-state index contributed by atoms with van der Waals surface area (Å²) in [6, 6.07) is 0.536. The lowest BCUT2D eigenvalue weighted by molar-refractivity contribution is -0.118. The van der Waals surface area contributed by atoms with Gasteiger partial charge in [-0.1, -0.05) is 13.8 Å². The third-order valence-corrected chi connectivity index (χ3v) is 2.06. The van der Waals surface area contributed by atoms with Gasteiger partial charge in [-0.3, -0.25) is 9.69 Å². The van der Waals surface area contributed by atoms with Crippen LogP contribution in [0.15, 0.2) is 0 Å². The molecule has 0 spiro atoms. The third-order valence-electron chi connectivity index (χ3n) is 2.06. The smallest absolute Gasteiger partial charge is 0.231 e. The number of likely N-dealkylation sites (N-methyl/N-ethyl adjacent to an activating group) is 1. The van der Waals surface area contributed by atoms with Gasteiger partial charge in [-0.25, -0.2) is 0 Å². The summed E-state index contributed by atoms with van der Waals surface area (Å²) in [4.78, 5) is 12.6. The highest BCUT2D eigenvalue weighted by Crippen LogP contribution is 2.06. The molecule has 1 fully saturated rings. The summed E-state index contributed by atoms with van der Waals surface area (Å²) in [5.41, 5.74) is 5.06. The summed E-state index contributed by atoms with van der Waals surface area (Å²) >= 11 is 0. The van der Waals surface area contributed by atoms with Gasteiger partial charge in [-0.2, -0.15) is 0 Å². The van der Waals surface area contributed by atoms with E-state index in [-0.39, 0.29) is 5.91 Å². The number of carbonyl (C=O) groups is 1. The molecule has 4 heteroatoms. The number of likely N-dealkylation sites (tertiary alicyclic amines) is 1. The van der Waals surface area contributed by atoms with Gasteiger partial charge in [0.2, 0.25) is 5.91 Å². The van der Waals surface area contributed by atoms with E-state index in [9.17, 15) is 4.79 Å². The van der Waals surface area contributed by atoms with Crippen LogP contribution < -0.4 is 11.1 Å². The Hall–Kier alpha value is -0.610. The van der Waals surface area contributed by atoms with Crippen molar-refractivity contribution in [2.24, 2.45) is 5.73 Å². The minimum Gasteiger partial charge on any atom is -0.369 e. The average Bonchev–Trinajstić information content (AvgIpc) is 2.55. The van der Waals surface area contributed by atoms with E-state index in [4.69, 9.17) is 5.73 Å². The van der Waals surface area contributed by atoms with Crippen molar-refractivity contribution in [1.29, 1.82) is 0 Å². The number of nitrogens with zero attached hydrogens (tertiary/aromatic N) is 1. The van der Waals surface area contributed by atoms with E-state index in [2.05, 4.69) is 10.2 Å². The fourth-order valence-electron chi connectivity index (χ4n) is 1.43. The molecular weight excluding hydrogens is 166 g/mol. The number of carbonyl (C=O) groups excluding carboxylic acids is 1. The van der Waals surface area contributed by atoms with E-state index < -0.39 is 0 Å². The first kappa shape index (κ1) is 12.4. The maximum Gasteiger partial charge on any atom is 0.231 e. The standard InChI is InChI=1S/C7H15N3O.C2H6/c1-9-6-2-3-10(4-6)5-7(8)11;1-2/h6,9H,2-5H2,1H3,(H2,8,11);1-2H3. The highest BCUT2D eigenvalue weighted by Gasteiger charge is 2.21. The van der Waals surface area contributed by atoms with E-state index in [1.807, 2.05) is 20.9 Å². The number of primary amides is 1. The lowest BCUT2D eigenvalue weighted by Crippen LogP contribution is -2.35. The maximum absolute atomic E-state index is 10.5. The Labute approximate surface area is 80.5 Å². The van der Waals surface area contributed by atoms with Crippen LogP contribution in [0, 0.1) is 0 Å². The van der Waals surface area contributed by atoms with Crippen LogP contribution in [0.2, 0.25) is 0 Å². The number of rotatable bonds is 3. The number of amides is 1. The number of nitrogens with one attached hydrogen (secondary N) is 1. The molecule has 1 heterocycles. The molecule has 4 nitrogen and oxygen atoms in total. The molecule has 1 rings (SSSR count). The first-order chi connectivity index (χ1) is 6.22. The van der Waals surface area contributed by atoms with E-state index in [1.54, 1.807) is 0 Å². The predicted molar refractivity (Wildman–Crippen MR) is 54.4 cm³/mol. The second kappa shape index (κ2) is 6.86. The van der Waals surface area contributed by atoms with Crippen molar-refractivity contribution in [2.75, 3.05) is 26.7 Å². The predicted octanol–water partition coefficient (Wildman–Crippen LogP) is -0.208. The second-order valence-electron chi connectivity index (χ2n) is 2.98. The topological polar surface area (TPSA) is 58.4 Å². The Morgan fingerprint density at radius 1 is 1.62 bits per heavy atom. The van der Waals surface area contributed by atoms with Gasteiger partial charge in [0.15, 0.2) is 0 Å². The van der Waals surface area contributed by atoms with Gasteiger partial charge in [0, 0.05) is 19.1 Å².